The van der Waals surface area contributed by atoms with Crippen LogP contribution >= 0.6 is 0 Å². The molecule has 1 atom stereocenters. The molecule has 0 aromatic heterocycles. The van der Waals surface area contributed by atoms with Gasteiger partial charge in [-0.05, 0) is 31.5 Å². The molecule has 0 saturated carbocycles. The summed E-state index contributed by atoms with van der Waals surface area (Å²) in [6.07, 6.45) is 2.47. The van der Waals surface area contributed by atoms with Crippen molar-refractivity contribution in [2.45, 2.75) is 12.8 Å². The van der Waals surface area contributed by atoms with Gasteiger partial charge in [0.15, 0.2) is 0 Å². The van der Waals surface area contributed by atoms with E-state index >= 15 is 0 Å². The van der Waals surface area contributed by atoms with Crippen LogP contribution in [0.3, 0.4) is 0 Å². The zero-order valence-corrected chi connectivity index (χ0v) is 10.3. The molecule has 2 aliphatic rings. The van der Waals surface area contributed by atoms with Crippen LogP contribution in [-0.2, 0) is 0 Å². The Hall–Kier alpha value is -1.62. The van der Waals surface area contributed by atoms with Gasteiger partial charge < -0.3 is 10.2 Å². The van der Waals surface area contributed by atoms with E-state index in [9.17, 15) is 10.1 Å². The van der Waals surface area contributed by atoms with Gasteiger partial charge in [0.05, 0.1) is 4.92 Å². The molecule has 1 unspecified atom stereocenters. The number of benzene rings is 1. The number of anilines is 1. The molecule has 5 heteroatoms. The Morgan fingerprint density at radius 1 is 1.28 bits per heavy atom. The van der Waals surface area contributed by atoms with Gasteiger partial charge in [-0.1, -0.05) is 0 Å². The zero-order chi connectivity index (χ0) is 12.6. The van der Waals surface area contributed by atoms with E-state index in [-0.39, 0.29) is 10.6 Å². The van der Waals surface area contributed by atoms with E-state index in [1.807, 2.05) is 12.1 Å². The van der Waals surface area contributed by atoms with Crippen molar-refractivity contribution in [1.82, 2.24) is 5.32 Å². The third-order valence-electron chi connectivity index (χ3n) is 4.20. The Morgan fingerprint density at radius 2 is 2.06 bits per heavy atom. The van der Waals surface area contributed by atoms with Crippen LogP contribution in [0.25, 0.3) is 0 Å². The molecule has 18 heavy (non-hydrogen) atoms. The van der Waals surface area contributed by atoms with Crippen molar-refractivity contribution in [1.29, 1.82) is 0 Å². The first-order valence-electron chi connectivity index (χ1n) is 6.39. The minimum atomic E-state index is -0.351. The minimum absolute atomic E-state index is 0.162. The number of nitrogens with zero attached hydrogens (tertiary/aromatic N) is 2. The van der Waals surface area contributed by atoms with Gasteiger partial charge in [-0.3, -0.25) is 10.1 Å². The molecule has 2 heterocycles. The van der Waals surface area contributed by atoms with Gasteiger partial charge in [-0.25, -0.2) is 0 Å². The SMILES string of the molecule is O=[N+]([O-])c1ccc(N2CCC3(CCNC3)C2)cc1. The summed E-state index contributed by atoms with van der Waals surface area (Å²) in [7, 11) is 0. The smallest absolute Gasteiger partial charge is 0.269 e. The standard InChI is InChI=1S/C13H17N3O2/c17-16(18)12-3-1-11(2-4-12)15-8-6-13(10-15)5-7-14-9-13/h1-4,14H,5-10H2. The monoisotopic (exact) mass is 247 g/mol. The highest BCUT2D eigenvalue weighted by molar-refractivity contribution is 5.52. The van der Waals surface area contributed by atoms with Crippen LogP contribution in [-0.4, -0.2) is 31.1 Å². The Labute approximate surface area is 106 Å². The molecule has 1 N–H and O–H groups in total. The Bertz CT molecular complexity index is 452. The summed E-state index contributed by atoms with van der Waals surface area (Å²) in [6.45, 7) is 4.35. The highest BCUT2D eigenvalue weighted by Gasteiger charge is 2.40. The van der Waals surface area contributed by atoms with Crippen molar-refractivity contribution in [3.05, 3.63) is 34.4 Å². The lowest BCUT2D eigenvalue weighted by Crippen LogP contribution is -2.29. The molecule has 1 aromatic rings. The van der Waals surface area contributed by atoms with Gasteiger partial charge in [0, 0.05) is 42.9 Å². The number of rotatable bonds is 2. The zero-order valence-electron chi connectivity index (χ0n) is 10.3. The van der Waals surface area contributed by atoms with Crippen LogP contribution in [0, 0.1) is 15.5 Å². The molecule has 5 nitrogen and oxygen atoms in total. The topological polar surface area (TPSA) is 58.4 Å². The van der Waals surface area contributed by atoms with E-state index in [2.05, 4.69) is 10.2 Å². The fourth-order valence-electron chi connectivity index (χ4n) is 3.08. The Kier molecular flexibility index (Phi) is 2.70. The van der Waals surface area contributed by atoms with E-state index in [0.717, 1.165) is 31.9 Å². The summed E-state index contributed by atoms with van der Waals surface area (Å²) >= 11 is 0. The van der Waals surface area contributed by atoms with Gasteiger partial charge >= 0.3 is 0 Å². The third-order valence-corrected chi connectivity index (χ3v) is 4.20. The second-order valence-electron chi connectivity index (χ2n) is 5.37. The Morgan fingerprint density at radius 3 is 2.67 bits per heavy atom. The summed E-state index contributed by atoms with van der Waals surface area (Å²) in [5, 5.41) is 14.1. The molecule has 1 aromatic carbocycles. The summed E-state index contributed by atoms with van der Waals surface area (Å²) in [4.78, 5) is 12.6. The van der Waals surface area contributed by atoms with Gasteiger partial charge in [-0.15, -0.1) is 0 Å². The molecule has 0 bridgehead atoms. The summed E-state index contributed by atoms with van der Waals surface area (Å²) in [5.74, 6) is 0. The van der Waals surface area contributed by atoms with E-state index in [1.54, 1.807) is 12.1 Å². The number of nitrogens with one attached hydrogen (secondary N) is 1. The lowest BCUT2D eigenvalue weighted by molar-refractivity contribution is -0.384. The quantitative estimate of drug-likeness (QED) is 0.639. The lowest BCUT2D eigenvalue weighted by Gasteiger charge is -2.23. The van der Waals surface area contributed by atoms with E-state index in [1.165, 1.54) is 12.8 Å². The maximum atomic E-state index is 10.6. The maximum Gasteiger partial charge on any atom is 0.269 e. The molecule has 0 aliphatic carbocycles. The van der Waals surface area contributed by atoms with E-state index in [0.29, 0.717) is 5.41 Å². The van der Waals surface area contributed by atoms with Crippen molar-refractivity contribution < 1.29 is 4.92 Å². The van der Waals surface area contributed by atoms with Gasteiger partial charge in [0.25, 0.3) is 5.69 Å². The number of hydrogen-bond donors (Lipinski definition) is 1. The first-order valence-corrected chi connectivity index (χ1v) is 6.39. The average molecular weight is 247 g/mol. The van der Waals surface area contributed by atoms with E-state index < -0.39 is 0 Å². The van der Waals surface area contributed by atoms with Crippen LogP contribution in [0.1, 0.15) is 12.8 Å². The number of nitro groups is 1. The molecular formula is C13H17N3O2. The van der Waals surface area contributed by atoms with Gasteiger partial charge in [0.2, 0.25) is 0 Å². The molecule has 2 saturated heterocycles. The third kappa shape index (κ3) is 1.95. The fourth-order valence-corrected chi connectivity index (χ4v) is 3.08. The summed E-state index contributed by atoms with van der Waals surface area (Å²) in [5.41, 5.74) is 1.70. The largest absolute Gasteiger partial charge is 0.371 e. The van der Waals surface area contributed by atoms with Gasteiger partial charge in [0.1, 0.15) is 0 Å². The number of nitro benzene ring substituents is 1. The highest BCUT2D eigenvalue weighted by Crippen LogP contribution is 2.38. The van der Waals surface area contributed by atoms with Crippen molar-refractivity contribution in [3.63, 3.8) is 0 Å². The first kappa shape index (κ1) is 11.5. The van der Waals surface area contributed by atoms with Crippen LogP contribution in [0.15, 0.2) is 24.3 Å². The average Bonchev–Trinajstić information content (AvgIpc) is 3.01. The summed E-state index contributed by atoms with van der Waals surface area (Å²) < 4.78 is 0. The molecule has 96 valence electrons. The van der Waals surface area contributed by atoms with Crippen LogP contribution in [0.2, 0.25) is 0 Å². The normalized spacial score (nSPS) is 27.0. The predicted molar refractivity (Wildman–Crippen MR) is 69.8 cm³/mol. The number of hydrogen-bond acceptors (Lipinski definition) is 4. The molecule has 1 spiro atoms. The van der Waals surface area contributed by atoms with Crippen LogP contribution in [0.5, 0.6) is 0 Å². The van der Waals surface area contributed by atoms with Crippen molar-refractivity contribution in [2.24, 2.45) is 5.41 Å². The first-order chi connectivity index (χ1) is 8.69. The second kappa shape index (κ2) is 4.24. The summed E-state index contributed by atoms with van der Waals surface area (Å²) in [6, 6.07) is 6.90. The van der Waals surface area contributed by atoms with Crippen molar-refractivity contribution >= 4 is 11.4 Å². The molecule has 3 rings (SSSR count). The molecule has 2 aliphatic heterocycles. The number of non-ortho nitro benzene ring substituents is 1. The molecule has 0 amide bonds. The van der Waals surface area contributed by atoms with E-state index in [4.69, 9.17) is 0 Å². The molecular weight excluding hydrogens is 230 g/mol. The van der Waals surface area contributed by atoms with Crippen molar-refractivity contribution in [2.75, 3.05) is 31.1 Å². The predicted octanol–water partition coefficient (Wildman–Crippen LogP) is 1.78. The minimum Gasteiger partial charge on any atom is -0.371 e. The highest BCUT2D eigenvalue weighted by atomic mass is 16.6. The molecule has 2 fully saturated rings. The molecule has 0 radical (unpaired) electrons. The lowest BCUT2D eigenvalue weighted by atomic mass is 9.86. The maximum absolute atomic E-state index is 10.6. The Balaban J connectivity index is 1.74. The van der Waals surface area contributed by atoms with Crippen molar-refractivity contribution in [3.8, 4) is 0 Å². The van der Waals surface area contributed by atoms with Gasteiger partial charge in [-0.2, -0.15) is 0 Å². The fraction of sp³-hybridized carbons (Fsp3) is 0.538. The van der Waals surface area contributed by atoms with Crippen LogP contribution < -0.4 is 10.2 Å². The second-order valence-corrected chi connectivity index (χ2v) is 5.37. The van der Waals surface area contributed by atoms with Crippen LogP contribution in [0.4, 0.5) is 11.4 Å².